The van der Waals surface area contributed by atoms with Gasteiger partial charge in [-0.2, -0.15) is 0 Å². The molecular weight excluding hydrogens is 398 g/mol. The van der Waals surface area contributed by atoms with Gasteiger partial charge in [-0.15, -0.1) is 0 Å². The third kappa shape index (κ3) is 4.23. The molecule has 1 aromatic carbocycles. The van der Waals surface area contributed by atoms with Crippen molar-refractivity contribution < 1.29 is 14.3 Å². The lowest BCUT2D eigenvalue weighted by Gasteiger charge is -2.12. The number of rotatable bonds is 8. The minimum Gasteiger partial charge on any atom is -0.456 e. The molecule has 0 aliphatic rings. The SMILES string of the molecule is CCCn1c(C)cc(C(=O)COC(=O)Cn2c(=O)n(CC)c(=O)c3ccccc32)c1C. The Morgan fingerprint density at radius 2 is 1.71 bits per heavy atom. The van der Waals surface area contributed by atoms with E-state index in [9.17, 15) is 19.2 Å². The summed E-state index contributed by atoms with van der Waals surface area (Å²) >= 11 is 0. The van der Waals surface area contributed by atoms with Crippen LogP contribution in [-0.2, 0) is 29.2 Å². The van der Waals surface area contributed by atoms with Crippen LogP contribution in [0.5, 0.6) is 0 Å². The second kappa shape index (κ2) is 9.16. The van der Waals surface area contributed by atoms with E-state index in [0.717, 1.165) is 28.9 Å². The van der Waals surface area contributed by atoms with Crippen molar-refractivity contribution in [3.05, 3.63) is 68.1 Å². The molecule has 0 bridgehead atoms. The first-order valence-electron chi connectivity index (χ1n) is 10.4. The molecule has 0 saturated heterocycles. The number of nitrogens with zero attached hydrogens (tertiary/aromatic N) is 3. The Labute approximate surface area is 179 Å². The van der Waals surface area contributed by atoms with Crippen LogP contribution < -0.4 is 11.2 Å². The zero-order valence-corrected chi connectivity index (χ0v) is 18.3. The highest BCUT2D eigenvalue weighted by atomic mass is 16.5. The molecule has 3 aromatic rings. The molecule has 0 aliphatic heterocycles. The summed E-state index contributed by atoms with van der Waals surface area (Å²) in [6.07, 6.45) is 0.946. The van der Waals surface area contributed by atoms with Gasteiger partial charge in [-0.1, -0.05) is 19.1 Å². The minimum absolute atomic E-state index is 0.184. The number of Topliss-reactive ketones (excluding diaryl/α,β-unsaturated/α-hetero) is 1. The molecule has 3 rings (SSSR count). The first-order chi connectivity index (χ1) is 14.8. The molecule has 2 heterocycles. The molecule has 0 amide bonds. The van der Waals surface area contributed by atoms with Crippen LogP contribution in [0.3, 0.4) is 0 Å². The number of aryl methyl sites for hydroxylation is 1. The van der Waals surface area contributed by atoms with Crippen molar-refractivity contribution in [3.63, 3.8) is 0 Å². The summed E-state index contributed by atoms with van der Waals surface area (Å²) in [5.74, 6) is -1.01. The van der Waals surface area contributed by atoms with Gasteiger partial charge in [0.2, 0.25) is 5.78 Å². The number of para-hydroxylation sites is 1. The van der Waals surface area contributed by atoms with Gasteiger partial charge in [-0.3, -0.25) is 23.5 Å². The lowest BCUT2D eigenvalue weighted by molar-refractivity contribution is -0.143. The molecule has 2 aromatic heterocycles. The number of hydrogen-bond acceptors (Lipinski definition) is 5. The van der Waals surface area contributed by atoms with Crippen LogP contribution in [0.15, 0.2) is 39.9 Å². The number of hydrogen-bond donors (Lipinski definition) is 0. The van der Waals surface area contributed by atoms with E-state index in [1.54, 1.807) is 37.3 Å². The van der Waals surface area contributed by atoms with Crippen LogP contribution in [-0.4, -0.2) is 32.1 Å². The molecule has 0 radical (unpaired) electrons. The Balaban J connectivity index is 1.80. The molecule has 31 heavy (non-hydrogen) atoms. The van der Waals surface area contributed by atoms with Gasteiger partial charge in [0.05, 0.1) is 10.9 Å². The van der Waals surface area contributed by atoms with Gasteiger partial charge < -0.3 is 9.30 Å². The van der Waals surface area contributed by atoms with Gasteiger partial charge >= 0.3 is 11.7 Å². The predicted molar refractivity (Wildman–Crippen MR) is 118 cm³/mol. The standard InChI is InChI=1S/C23H27N3O5/c1-5-11-25-15(3)12-18(16(25)4)20(27)14-31-21(28)13-26-19-10-8-7-9-17(19)22(29)24(6-2)23(26)30/h7-10,12H,5-6,11,13-14H2,1-4H3. The third-order valence-corrected chi connectivity index (χ3v) is 5.42. The van der Waals surface area contributed by atoms with E-state index in [1.807, 2.05) is 13.8 Å². The van der Waals surface area contributed by atoms with Crippen LogP contribution in [0.2, 0.25) is 0 Å². The third-order valence-electron chi connectivity index (χ3n) is 5.42. The number of fused-ring (bicyclic) bond motifs is 1. The lowest BCUT2D eigenvalue weighted by atomic mass is 10.1. The maximum absolute atomic E-state index is 12.7. The summed E-state index contributed by atoms with van der Waals surface area (Å²) in [4.78, 5) is 50.3. The van der Waals surface area contributed by atoms with Gasteiger partial charge in [0.15, 0.2) is 6.61 Å². The fraction of sp³-hybridized carbons (Fsp3) is 0.391. The highest BCUT2D eigenvalue weighted by molar-refractivity contribution is 5.99. The number of carbonyl (C=O) groups is 2. The largest absolute Gasteiger partial charge is 0.456 e. The van der Waals surface area contributed by atoms with Crippen molar-refractivity contribution in [1.82, 2.24) is 13.7 Å². The fourth-order valence-electron chi connectivity index (χ4n) is 3.85. The van der Waals surface area contributed by atoms with E-state index in [2.05, 4.69) is 11.5 Å². The van der Waals surface area contributed by atoms with Crippen molar-refractivity contribution in [3.8, 4) is 0 Å². The molecular formula is C23H27N3O5. The van der Waals surface area contributed by atoms with Crippen LogP contribution >= 0.6 is 0 Å². The zero-order chi connectivity index (χ0) is 22.7. The number of carbonyl (C=O) groups excluding carboxylic acids is 2. The summed E-state index contributed by atoms with van der Waals surface area (Å²) < 4.78 is 9.53. The normalized spacial score (nSPS) is 11.1. The first-order valence-corrected chi connectivity index (χ1v) is 10.4. The van der Waals surface area contributed by atoms with Crippen molar-refractivity contribution in [2.45, 2.75) is 53.8 Å². The van der Waals surface area contributed by atoms with Gasteiger partial charge in [-0.25, -0.2) is 4.79 Å². The topological polar surface area (TPSA) is 92.3 Å². The van der Waals surface area contributed by atoms with E-state index in [-0.39, 0.29) is 18.9 Å². The minimum atomic E-state index is -0.718. The Morgan fingerprint density at radius 3 is 2.39 bits per heavy atom. The molecule has 0 fully saturated rings. The Kier molecular flexibility index (Phi) is 6.58. The van der Waals surface area contributed by atoms with Crippen molar-refractivity contribution >= 4 is 22.7 Å². The highest BCUT2D eigenvalue weighted by Gasteiger charge is 2.19. The summed E-state index contributed by atoms with van der Waals surface area (Å²) in [5, 5.41) is 0.344. The average molecular weight is 425 g/mol. The van der Waals surface area contributed by atoms with E-state index < -0.39 is 23.8 Å². The van der Waals surface area contributed by atoms with Gasteiger partial charge in [0.25, 0.3) is 5.56 Å². The molecule has 0 spiro atoms. The van der Waals surface area contributed by atoms with Gasteiger partial charge in [0.1, 0.15) is 6.54 Å². The number of aromatic nitrogens is 3. The number of benzene rings is 1. The average Bonchev–Trinajstić information content (AvgIpc) is 3.04. The smallest absolute Gasteiger partial charge is 0.332 e. The van der Waals surface area contributed by atoms with Crippen LogP contribution in [0, 0.1) is 13.8 Å². The second-order valence-electron chi connectivity index (χ2n) is 7.46. The maximum Gasteiger partial charge on any atom is 0.332 e. The summed E-state index contributed by atoms with van der Waals surface area (Å²) in [6, 6.07) is 8.41. The molecule has 0 N–H and O–H groups in total. The Hall–Kier alpha value is -3.42. The quantitative estimate of drug-likeness (QED) is 0.408. The van der Waals surface area contributed by atoms with E-state index in [1.165, 1.54) is 4.57 Å². The monoisotopic (exact) mass is 425 g/mol. The van der Waals surface area contributed by atoms with Crippen molar-refractivity contribution in [2.24, 2.45) is 0 Å². The summed E-state index contributed by atoms with van der Waals surface area (Å²) in [6.45, 7) is 7.76. The molecule has 0 saturated carbocycles. The molecule has 0 unspecified atom stereocenters. The number of ketones is 1. The second-order valence-corrected chi connectivity index (χ2v) is 7.46. The maximum atomic E-state index is 12.7. The molecule has 164 valence electrons. The molecule has 8 nitrogen and oxygen atoms in total. The van der Waals surface area contributed by atoms with Crippen LogP contribution in [0.4, 0.5) is 0 Å². The Bertz CT molecular complexity index is 1260. The van der Waals surface area contributed by atoms with E-state index in [4.69, 9.17) is 4.74 Å². The van der Waals surface area contributed by atoms with Crippen molar-refractivity contribution in [2.75, 3.05) is 6.61 Å². The number of esters is 1. The van der Waals surface area contributed by atoms with Gasteiger partial charge in [0, 0.05) is 30.0 Å². The molecule has 0 atom stereocenters. The number of ether oxygens (including phenoxy) is 1. The molecule has 0 aliphatic carbocycles. The Morgan fingerprint density at radius 1 is 1.00 bits per heavy atom. The summed E-state index contributed by atoms with van der Waals surface area (Å²) in [5.41, 5.74) is 1.73. The van der Waals surface area contributed by atoms with E-state index >= 15 is 0 Å². The molecule has 8 heteroatoms. The lowest BCUT2D eigenvalue weighted by Crippen LogP contribution is -2.41. The van der Waals surface area contributed by atoms with Gasteiger partial charge in [-0.05, 0) is 45.4 Å². The highest BCUT2D eigenvalue weighted by Crippen LogP contribution is 2.16. The van der Waals surface area contributed by atoms with E-state index in [0.29, 0.717) is 16.5 Å². The van der Waals surface area contributed by atoms with Crippen molar-refractivity contribution in [1.29, 1.82) is 0 Å². The summed E-state index contributed by atoms with van der Waals surface area (Å²) in [7, 11) is 0. The van der Waals surface area contributed by atoms with Crippen LogP contribution in [0.25, 0.3) is 10.9 Å². The first kappa shape index (κ1) is 22.3. The fourth-order valence-corrected chi connectivity index (χ4v) is 3.85. The predicted octanol–water partition coefficient (Wildman–Crippen LogP) is 2.44. The van der Waals surface area contributed by atoms with Crippen LogP contribution in [0.1, 0.15) is 42.0 Å². The zero-order valence-electron chi connectivity index (χ0n) is 18.3.